The molecule has 2 aromatic carbocycles. The summed E-state index contributed by atoms with van der Waals surface area (Å²) in [4.78, 5) is 28.8. The minimum absolute atomic E-state index is 0.0118. The van der Waals surface area contributed by atoms with Crippen molar-refractivity contribution in [3.63, 3.8) is 0 Å². The zero-order valence-electron chi connectivity index (χ0n) is 17.5. The van der Waals surface area contributed by atoms with Crippen molar-refractivity contribution < 1.29 is 14.1 Å². The van der Waals surface area contributed by atoms with E-state index >= 15 is 0 Å². The van der Waals surface area contributed by atoms with Crippen molar-refractivity contribution in [2.24, 2.45) is 5.92 Å². The number of carbonyl (C=O) groups excluding carboxylic acids is 2. The smallest absolute Gasteiger partial charge is 0.254 e. The van der Waals surface area contributed by atoms with Crippen molar-refractivity contribution >= 4 is 46.7 Å². The number of thioether (sulfide) groups is 1. The maximum absolute atomic E-state index is 13.2. The molecule has 1 saturated heterocycles. The number of hydrogen-bond acceptors (Lipinski definition) is 5. The molecule has 0 radical (unpaired) electrons. The summed E-state index contributed by atoms with van der Waals surface area (Å²) >= 11 is 13.6. The van der Waals surface area contributed by atoms with E-state index in [9.17, 15) is 9.59 Å². The number of hydrogen-bond donors (Lipinski definition) is 0. The van der Waals surface area contributed by atoms with Crippen LogP contribution in [0.3, 0.4) is 0 Å². The maximum atomic E-state index is 13.2. The van der Waals surface area contributed by atoms with E-state index in [-0.39, 0.29) is 17.6 Å². The predicted octanol–water partition coefficient (Wildman–Crippen LogP) is 6.32. The monoisotopic (exact) mass is 488 g/mol. The van der Waals surface area contributed by atoms with Crippen LogP contribution in [-0.4, -0.2) is 34.8 Å². The molecule has 3 aromatic rings. The van der Waals surface area contributed by atoms with Crippen molar-refractivity contribution in [2.75, 3.05) is 13.1 Å². The van der Waals surface area contributed by atoms with Crippen LogP contribution in [0.5, 0.6) is 0 Å². The molecule has 4 rings (SSSR count). The number of carbonyl (C=O) groups is 2. The Morgan fingerprint density at radius 2 is 1.84 bits per heavy atom. The normalized spacial score (nSPS) is 14.5. The molecular weight excluding hydrogens is 467 g/mol. The topological polar surface area (TPSA) is 63.4 Å². The van der Waals surface area contributed by atoms with Gasteiger partial charge in [-0.15, -0.1) is 11.8 Å². The van der Waals surface area contributed by atoms with Crippen LogP contribution in [-0.2, 0) is 5.75 Å². The molecule has 5 nitrogen and oxygen atoms in total. The molecule has 0 unspecified atom stereocenters. The van der Waals surface area contributed by atoms with E-state index in [1.807, 2.05) is 42.2 Å². The van der Waals surface area contributed by atoms with Gasteiger partial charge in [-0.25, -0.2) is 0 Å². The summed E-state index contributed by atoms with van der Waals surface area (Å²) < 4.78 is 5.27. The molecule has 0 saturated carbocycles. The van der Waals surface area contributed by atoms with Crippen molar-refractivity contribution in [3.05, 3.63) is 81.2 Å². The first-order valence-corrected chi connectivity index (χ1v) is 12.1. The number of ketones is 1. The number of nitrogens with zero attached hydrogens (tertiary/aromatic N) is 2. The molecule has 1 aliphatic heterocycles. The highest BCUT2D eigenvalue weighted by Crippen LogP contribution is 2.30. The molecule has 0 spiro atoms. The van der Waals surface area contributed by atoms with Crippen molar-refractivity contribution in [3.8, 4) is 0 Å². The second-order valence-electron chi connectivity index (χ2n) is 7.78. The number of likely N-dealkylation sites (tertiary alicyclic amines) is 1. The molecule has 0 atom stereocenters. The third kappa shape index (κ3) is 5.20. The number of benzene rings is 2. The number of piperidine rings is 1. The van der Waals surface area contributed by atoms with Crippen LogP contribution in [0.4, 0.5) is 0 Å². The Labute approximate surface area is 201 Å². The third-order valence-corrected chi connectivity index (χ3v) is 7.36. The van der Waals surface area contributed by atoms with Gasteiger partial charge in [0.25, 0.3) is 5.91 Å². The van der Waals surface area contributed by atoms with Gasteiger partial charge < -0.3 is 9.42 Å². The minimum Gasteiger partial charge on any atom is -0.360 e. The van der Waals surface area contributed by atoms with Gasteiger partial charge in [-0.1, -0.05) is 40.5 Å². The Hall–Kier alpha value is -2.28. The van der Waals surface area contributed by atoms with E-state index in [2.05, 4.69) is 5.16 Å². The third-order valence-electron chi connectivity index (χ3n) is 5.52. The quantitative estimate of drug-likeness (QED) is 0.300. The van der Waals surface area contributed by atoms with Gasteiger partial charge in [-0.3, -0.25) is 9.59 Å². The van der Waals surface area contributed by atoms with Crippen LogP contribution < -0.4 is 0 Å². The average molecular weight is 489 g/mol. The molecule has 0 bridgehead atoms. The van der Waals surface area contributed by atoms with Gasteiger partial charge in [0.05, 0.1) is 27.1 Å². The first kappa shape index (κ1) is 22.9. The lowest BCUT2D eigenvalue weighted by molar-refractivity contribution is 0.0647. The van der Waals surface area contributed by atoms with Crippen molar-refractivity contribution in [1.82, 2.24) is 10.1 Å². The van der Waals surface area contributed by atoms with E-state index in [1.54, 1.807) is 30.0 Å². The van der Waals surface area contributed by atoms with Crippen LogP contribution in [0.1, 0.15) is 45.0 Å². The van der Waals surface area contributed by atoms with Gasteiger partial charge in [-0.2, -0.15) is 0 Å². The van der Waals surface area contributed by atoms with Crippen LogP contribution in [0.2, 0.25) is 10.0 Å². The fourth-order valence-corrected chi connectivity index (χ4v) is 5.02. The Balaban J connectivity index is 1.39. The second kappa shape index (κ2) is 10.1. The summed E-state index contributed by atoms with van der Waals surface area (Å²) in [6.45, 7) is 2.96. The highest BCUT2D eigenvalue weighted by atomic mass is 35.5. The van der Waals surface area contributed by atoms with E-state index in [1.165, 1.54) is 0 Å². The molecule has 1 amide bonds. The average Bonchev–Trinajstić information content (AvgIpc) is 3.24. The Kier molecular flexibility index (Phi) is 7.23. The lowest BCUT2D eigenvalue weighted by Crippen LogP contribution is -2.40. The van der Waals surface area contributed by atoms with Crippen LogP contribution in [0.15, 0.2) is 57.9 Å². The van der Waals surface area contributed by atoms with E-state index < -0.39 is 0 Å². The number of aromatic nitrogens is 1. The summed E-state index contributed by atoms with van der Waals surface area (Å²) in [5.41, 5.74) is 2.07. The Bertz CT molecular complexity index is 1140. The van der Waals surface area contributed by atoms with E-state index in [4.69, 9.17) is 27.7 Å². The zero-order chi connectivity index (χ0) is 22.7. The lowest BCUT2D eigenvalue weighted by Gasteiger charge is -2.32. The van der Waals surface area contributed by atoms with Crippen molar-refractivity contribution in [2.45, 2.75) is 30.4 Å². The Morgan fingerprint density at radius 3 is 2.53 bits per heavy atom. The number of amides is 1. The molecule has 32 heavy (non-hydrogen) atoms. The summed E-state index contributed by atoms with van der Waals surface area (Å²) in [6, 6.07) is 14.5. The fraction of sp³-hybridized carbons (Fsp3) is 0.292. The molecule has 8 heteroatoms. The van der Waals surface area contributed by atoms with Gasteiger partial charge >= 0.3 is 0 Å². The Morgan fingerprint density at radius 1 is 1.09 bits per heavy atom. The van der Waals surface area contributed by atoms with Gasteiger partial charge in [0.2, 0.25) is 0 Å². The summed E-state index contributed by atoms with van der Waals surface area (Å²) in [6.07, 6.45) is 1.24. The first-order valence-electron chi connectivity index (χ1n) is 10.3. The number of rotatable bonds is 6. The number of Topliss-reactive ketones (excluding diaryl/α,β-unsaturated/α-hetero) is 1. The SMILES string of the molecule is Cc1cc(CSc2ccccc2C(=O)N2CCC(C(=O)c3ccc(Cl)c(Cl)c3)CC2)on1. The number of halogens is 2. The largest absolute Gasteiger partial charge is 0.360 e. The summed E-state index contributed by atoms with van der Waals surface area (Å²) in [5.74, 6) is 1.29. The van der Waals surface area contributed by atoms with Gasteiger partial charge in [0.15, 0.2) is 5.78 Å². The molecule has 1 fully saturated rings. The molecule has 166 valence electrons. The second-order valence-corrected chi connectivity index (χ2v) is 9.61. The minimum atomic E-state index is -0.129. The van der Waals surface area contributed by atoms with Gasteiger partial charge in [0.1, 0.15) is 5.76 Å². The number of aryl methyl sites for hydroxylation is 1. The molecule has 1 aliphatic rings. The summed E-state index contributed by atoms with van der Waals surface area (Å²) in [5, 5.41) is 4.71. The molecular formula is C24H22Cl2N2O3S. The predicted molar refractivity (Wildman–Crippen MR) is 127 cm³/mol. The molecule has 1 aromatic heterocycles. The molecule has 2 heterocycles. The van der Waals surface area contributed by atoms with Crippen LogP contribution >= 0.6 is 35.0 Å². The highest BCUT2D eigenvalue weighted by molar-refractivity contribution is 7.98. The summed E-state index contributed by atoms with van der Waals surface area (Å²) in [7, 11) is 0. The van der Waals surface area contributed by atoms with Crippen LogP contribution in [0, 0.1) is 12.8 Å². The van der Waals surface area contributed by atoms with Crippen LogP contribution in [0.25, 0.3) is 0 Å². The van der Waals surface area contributed by atoms with E-state index in [0.29, 0.717) is 52.9 Å². The van der Waals surface area contributed by atoms with Gasteiger partial charge in [0, 0.05) is 35.5 Å². The lowest BCUT2D eigenvalue weighted by atomic mass is 9.88. The standard InChI is InChI=1S/C24H22Cl2N2O3S/c1-15-12-18(31-27-15)14-32-22-5-3-2-4-19(22)24(30)28-10-8-16(9-11-28)23(29)17-6-7-20(25)21(26)13-17/h2-7,12-13,16H,8-11,14H2,1H3. The zero-order valence-corrected chi connectivity index (χ0v) is 19.8. The molecule has 0 N–H and O–H groups in total. The fourth-order valence-electron chi connectivity index (χ4n) is 3.80. The first-order chi connectivity index (χ1) is 15.4. The highest BCUT2D eigenvalue weighted by Gasteiger charge is 2.29. The molecule has 0 aliphatic carbocycles. The van der Waals surface area contributed by atoms with Gasteiger partial charge in [-0.05, 0) is 50.1 Å². The van der Waals surface area contributed by atoms with Crippen molar-refractivity contribution in [1.29, 1.82) is 0 Å². The van der Waals surface area contributed by atoms with E-state index in [0.717, 1.165) is 16.3 Å². The maximum Gasteiger partial charge on any atom is 0.254 e.